The number of nitrogens with one attached hydrogen (secondary N) is 2. The standard InChI is InChI=1S/C10H14ClFN2/c1-13-5-6-14-7-8-3-2-4-9(11)10(8)12/h2-4,13-14H,5-7H2,1H3. The Bertz CT molecular complexity index is 291. The van der Waals surface area contributed by atoms with Crippen LogP contribution in [0.15, 0.2) is 18.2 Å². The van der Waals surface area contributed by atoms with E-state index in [1.165, 1.54) is 0 Å². The molecule has 0 aliphatic heterocycles. The average molecular weight is 217 g/mol. The molecule has 0 bridgehead atoms. The predicted molar refractivity (Wildman–Crippen MR) is 57.0 cm³/mol. The zero-order chi connectivity index (χ0) is 10.4. The molecule has 0 spiro atoms. The number of hydrogen-bond donors (Lipinski definition) is 2. The molecular weight excluding hydrogens is 203 g/mol. The van der Waals surface area contributed by atoms with Crippen molar-refractivity contribution in [3.05, 3.63) is 34.6 Å². The van der Waals surface area contributed by atoms with Crippen molar-refractivity contribution in [3.8, 4) is 0 Å². The quantitative estimate of drug-likeness (QED) is 0.734. The van der Waals surface area contributed by atoms with Gasteiger partial charge in [0, 0.05) is 25.2 Å². The van der Waals surface area contributed by atoms with Gasteiger partial charge in [0.2, 0.25) is 0 Å². The van der Waals surface area contributed by atoms with Crippen LogP contribution in [0.25, 0.3) is 0 Å². The van der Waals surface area contributed by atoms with Gasteiger partial charge in [-0.05, 0) is 13.1 Å². The topological polar surface area (TPSA) is 24.1 Å². The molecule has 0 aliphatic carbocycles. The molecule has 2 N–H and O–H groups in total. The van der Waals surface area contributed by atoms with E-state index in [9.17, 15) is 4.39 Å². The molecule has 0 unspecified atom stereocenters. The summed E-state index contributed by atoms with van der Waals surface area (Å²) >= 11 is 5.64. The first-order valence-corrected chi connectivity index (χ1v) is 4.91. The maximum Gasteiger partial charge on any atom is 0.146 e. The Morgan fingerprint density at radius 2 is 2.14 bits per heavy atom. The van der Waals surface area contributed by atoms with Gasteiger partial charge < -0.3 is 10.6 Å². The summed E-state index contributed by atoms with van der Waals surface area (Å²) in [5, 5.41) is 6.29. The molecular formula is C10H14ClFN2. The summed E-state index contributed by atoms with van der Waals surface area (Å²) in [6.45, 7) is 2.18. The molecule has 78 valence electrons. The van der Waals surface area contributed by atoms with Gasteiger partial charge in [-0.1, -0.05) is 23.7 Å². The highest BCUT2D eigenvalue weighted by Gasteiger charge is 2.04. The fourth-order valence-corrected chi connectivity index (χ4v) is 1.32. The van der Waals surface area contributed by atoms with Gasteiger partial charge in [0.25, 0.3) is 0 Å². The van der Waals surface area contributed by atoms with E-state index < -0.39 is 0 Å². The molecule has 0 radical (unpaired) electrons. The second-order valence-corrected chi connectivity index (χ2v) is 3.40. The Morgan fingerprint density at radius 3 is 2.86 bits per heavy atom. The van der Waals surface area contributed by atoms with Crippen molar-refractivity contribution in [1.29, 1.82) is 0 Å². The van der Waals surface area contributed by atoms with Crippen LogP contribution < -0.4 is 10.6 Å². The van der Waals surface area contributed by atoms with Gasteiger partial charge in [-0.15, -0.1) is 0 Å². The first kappa shape index (κ1) is 11.4. The van der Waals surface area contributed by atoms with Crippen molar-refractivity contribution < 1.29 is 4.39 Å². The van der Waals surface area contributed by atoms with Crippen LogP contribution in [0.1, 0.15) is 5.56 Å². The lowest BCUT2D eigenvalue weighted by molar-refractivity contribution is 0.583. The molecule has 0 aliphatic rings. The maximum absolute atomic E-state index is 13.3. The first-order chi connectivity index (χ1) is 6.75. The van der Waals surface area contributed by atoms with Gasteiger partial charge in [0.1, 0.15) is 5.82 Å². The number of hydrogen-bond acceptors (Lipinski definition) is 2. The van der Waals surface area contributed by atoms with E-state index >= 15 is 0 Å². The van der Waals surface area contributed by atoms with Gasteiger partial charge in [-0.3, -0.25) is 0 Å². The summed E-state index contributed by atoms with van der Waals surface area (Å²) in [7, 11) is 1.88. The lowest BCUT2D eigenvalue weighted by Crippen LogP contribution is -2.24. The summed E-state index contributed by atoms with van der Waals surface area (Å²) < 4.78 is 13.3. The van der Waals surface area contributed by atoms with Gasteiger partial charge in [-0.2, -0.15) is 0 Å². The van der Waals surface area contributed by atoms with Crippen molar-refractivity contribution >= 4 is 11.6 Å². The van der Waals surface area contributed by atoms with E-state index in [0.717, 1.165) is 13.1 Å². The smallest absolute Gasteiger partial charge is 0.146 e. The highest BCUT2D eigenvalue weighted by atomic mass is 35.5. The van der Waals surface area contributed by atoms with E-state index in [1.54, 1.807) is 18.2 Å². The lowest BCUT2D eigenvalue weighted by atomic mass is 10.2. The fourth-order valence-electron chi connectivity index (χ4n) is 1.12. The zero-order valence-electron chi connectivity index (χ0n) is 8.11. The average Bonchev–Trinajstić information content (AvgIpc) is 2.19. The van der Waals surface area contributed by atoms with E-state index in [1.807, 2.05) is 7.05 Å². The molecule has 2 nitrogen and oxygen atoms in total. The zero-order valence-corrected chi connectivity index (χ0v) is 8.87. The second-order valence-electron chi connectivity index (χ2n) is 2.99. The molecule has 4 heteroatoms. The molecule has 0 amide bonds. The van der Waals surface area contributed by atoms with Gasteiger partial charge in [0.15, 0.2) is 0 Å². The van der Waals surface area contributed by atoms with Crippen LogP contribution in [-0.2, 0) is 6.54 Å². The van der Waals surface area contributed by atoms with Crippen molar-refractivity contribution in [1.82, 2.24) is 10.6 Å². The minimum absolute atomic E-state index is 0.179. The minimum Gasteiger partial charge on any atom is -0.318 e. The highest BCUT2D eigenvalue weighted by molar-refractivity contribution is 6.30. The fraction of sp³-hybridized carbons (Fsp3) is 0.400. The van der Waals surface area contributed by atoms with Crippen LogP contribution in [0.3, 0.4) is 0 Å². The number of rotatable bonds is 5. The van der Waals surface area contributed by atoms with E-state index in [0.29, 0.717) is 12.1 Å². The molecule has 0 saturated heterocycles. The minimum atomic E-state index is -0.328. The van der Waals surface area contributed by atoms with Gasteiger partial charge >= 0.3 is 0 Å². The molecule has 1 aromatic rings. The molecule has 14 heavy (non-hydrogen) atoms. The third kappa shape index (κ3) is 3.25. The van der Waals surface area contributed by atoms with Crippen molar-refractivity contribution in [3.63, 3.8) is 0 Å². The molecule has 0 aromatic heterocycles. The molecule has 0 atom stereocenters. The predicted octanol–water partition coefficient (Wildman–Crippen LogP) is 1.79. The van der Waals surface area contributed by atoms with Crippen LogP contribution in [0, 0.1) is 5.82 Å². The normalized spacial score (nSPS) is 10.5. The van der Waals surface area contributed by atoms with E-state index in [2.05, 4.69) is 10.6 Å². The monoisotopic (exact) mass is 216 g/mol. The Labute approximate surface area is 88.5 Å². The molecule has 0 heterocycles. The van der Waals surface area contributed by atoms with E-state index in [4.69, 9.17) is 11.6 Å². The number of benzene rings is 1. The summed E-state index contributed by atoms with van der Waals surface area (Å²) in [5.74, 6) is -0.328. The Balaban J connectivity index is 2.46. The largest absolute Gasteiger partial charge is 0.318 e. The summed E-state index contributed by atoms with van der Waals surface area (Å²) in [6.07, 6.45) is 0. The Kier molecular flexibility index (Phi) is 4.87. The summed E-state index contributed by atoms with van der Waals surface area (Å²) in [5.41, 5.74) is 0.605. The van der Waals surface area contributed by atoms with Crippen molar-refractivity contribution in [2.24, 2.45) is 0 Å². The Morgan fingerprint density at radius 1 is 1.36 bits per heavy atom. The lowest BCUT2D eigenvalue weighted by Gasteiger charge is -2.06. The molecule has 1 aromatic carbocycles. The van der Waals surface area contributed by atoms with Crippen LogP contribution in [-0.4, -0.2) is 20.1 Å². The molecule has 0 saturated carbocycles. The second kappa shape index (κ2) is 5.96. The third-order valence-electron chi connectivity index (χ3n) is 1.90. The van der Waals surface area contributed by atoms with Crippen LogP contribution in [0.2, 0.25) is 5.02 Å². The number of halogens is 2. The van der Waals surface area contributed by atoms with Crippen molar-refractivity contribution in [2.45, 2.75) is 6.54 Å². The van der Waals surface area contributed by atoms with E-state index in [-0.39, 0.29) is 10.8 Å². The van der Waals surface area contributed by atoms with Crippen molar-refractivity contribution in [2.75, 3.05) is 20.1 Å². The summed E-state index contributed by atoms with van der Waals surface area (Å²) in [6, 6.07) is 5.03. The van der Waals surface area contributed by atoms with Crippen LogP contribution >= 0.6 is 11.6 Å². The first-order valence-electron chi connectivity index (χ1n) is 4.54. The summed E-state index contributed by atoms with van der Waals surface area (Å²) in [4.78, 5) is 0. The number of likely N-dealkylation sites (N-methyl/N-ethyl adjacent to an activating group) is 1. The maximum atomic E-state index is 13.3. The SMILES string of the molecule is CNCCNCc1cccc(Cl)c1F. The third-order valence-corrected chi connectivity index (χ3v) is 2.19. The highest BCUT2D eigenvalue weighted by Crippen LogP contribution is 2.17. The van der Waals surface area contributed by atoms with Gasteiger partial charge in [-0.25, -0.2) is 4.39 Å². The molecule has 0 fully saturated rings. The van der Waals surface area contributed by atoms with Gasteiger partial charge in [0.05, 0.1) is 5.02 Å². The Hall–Kier alpha value is -0.640. The molecule has 1 rings (SSSR count). The van der Waals surface area contributed by atoms with Crippen LogP contribution in [0.4, 0.5) is 4.39 Å². The van der Waals surface area contributed by atoms with Crippen LogP contribution in [0.5, 0.6) is 0 Å².